The molecule has 10 heavy (non-hydrogen) atoms. The number of aliphatic hydroxyl groups is 1. The third kappa shape index (κ3) is 1.06. The number of hydrogen-bond donors (Lipinski definition) is 1. The predicted molar refractivity (Wildman–Crippen MR) is 37.8 cm³/mol. The van der Waals surface area contributed by atoms with E-state index in [0.29, 0.717) is 6.10 Å². The van der Waals surface area contributed by atoms with Gasteiger partial charge in [-0.2, -0.15) is 0 Å². The first-order valence-electron chi connectivity index (χ1n) is 4.20. The molecule has 0 aliphatic carbocycles. The van der Waals surface area contributed by atoms with Crippen LogP contribution in [0.3, 0.4) is 0 Å². The lowest BCUT2D eigenvalue weighted by Gasteiger charge is -2.38. The predicted octanol–water partition coefficient (Wildman–Crippen LogP) is 1.08. The monoisotopic (exact) mass is 142 g/mol. The maximum atomic E-state index is 9.40. The van der Waals surface area contributed by atoms with Crippen molar-refractivity contribution in [1.29, 1.82) is 0 Å². The average molecular weight is 142 g/mol. The van der Waals surface area contributed by atoms with E-state index in [-0.39, 0.29) is 12.2 Å². The SMILES string of the molecule is O[C@@H]1CC[C@@H]2CCC[C@H]1O2. The Morgan fingerprint density at radius 3 is 2.80 bits per heavy atom. The molecule has 2 fully saturated rings. The molecule has 0 radical (unpaired) electrons. The first-order chi connectivity index (χ1) is 4.86. The van der Waals surface area contributed by atoms with Crippen molar-refractivity contribution < 1.29 is 9.84 Å². The van der Waals surface area contributed by atoms with E-state index in [1.807, 2.05) is 0 Å². The van der Waals surface area contributed by atoms with E-state index in [1.54, 1.807) is 0 Å². The maximum Gasteiger partial charge on any atom is 0.0837 e. The van der Waals surface area contributed by atoms with Crippen LogP contribution in [0, 0.1) is 0 Å². The normalized spacial score (nSPS) is 47.1. The molecule has 3 atom stereocenters. The zero-order valence-electron chi connectivity index (χ0n) is 6.12. The minimum absolute atomic E-state index is 0.170. The van der Waals surface area contributed by atoms with E-state index in [2.05, 4.69) is 0 Å². The van der Waals surface area contributed by atoms with E-state index < -0.39 is 0 Å². The summed E-state index contributed by atoms with van der Waals surface area (Å²) in [4.78, 5) is 0. The van der Waals surface area contributed by atoms with Crippen LogP contribution in [0.25, 0.3) is 0 Å². The molecule has 2 heterocycles. The van der Waals surface area contributed by atoms with Gasteiger partial charge >= 0.3 is 0 Å². The van der Waals surface area contributed by atoms with Gasteiger partial charge in [0.05, 0.1) is 18.3 Å². The molecule has 0 spiro atoms. The van der Waals surface area contributed by atoms with E-state index >= 15 is 0 Å². The molecule has 0 aromatic heterocycles. The van der Waals surface area contributed by atoms with E-state index in [9.17, 15) is 5.11 Å². The van der Waals surface area contributed by atoms with Crippen molar-refractivity contribution in [3.8, 4) is 0 Å². The Hall–Kier alpha value is -0.0800. The Bertz CT molecular complexity index is 122. The third-order valence-electron chi connectivity index (χ3n) is 2.60. The maximum absolute atomic E-state index is 9.40. The molecular weight excluding hydrogens is 128 g/mol. The largest absolute Gasteiger partial charge is 0.390 e. The van der Waals surface area contributed by atoms with Gasteiger partial charge < -0.3 is 9.84 Å². The molecule has 2 nitrogen and oxygen atoms in total. The Kier molecular flexibility index (Phi) is 1.66. The molecule has 0 saturated carbocycles. The van der Waals surface area contributed by atoms with Crippen LogP contribution in [0.4, 0.5) is 0 Å². The van der Waals surface area contributed by atoms with Crippen LogP contribution in [0.1, 0.15) is 32.1 Å². The van der Waals surface area contributed by atoms with Crippen LogP contribution in [-0.4, -0.2) is 23.4 Å². The molecule has 2 saturated heterocycles. The number of hydrogen-bond acceptors (Lipinski definition) is 2. The Labute approximate surface area is 61.2 Å². The van der Waals surface area contributed by atoms with Gasteiger partial charge in [0, 0.05) is 0 Å². The Morgan fingerprint density at radius 2 is 2.00 bits per heavy atom. The van der Waals surface area contributed by atoms with Crippen molar-refractivity contribution >= 4 is 0 Å². The molecule has 2 aliphatic rings. The van der Waals surface area contributed by atoms with Gasteiger partial charge in [-0.15, -0.1) is 0 Å². The minimum Gasteiger partial charge on any atom is -0.390 e. The summed E-state index contributed by atoms with van der Waals surface area (Å²) in [5.74, 6) is 0. The van der Waals surface area contributed by atoms with Gasteiger partial charge in [0.1, 0.15) is 0 Å². The van der Waals surface area contributed by atoms with E-state index in [0.717, 1.165) is 19.3 Å². The number of ether oxygens (including phenoxy) is 1. The van der Waals surface area contributed by atoms with Crippen LogP contribution in [-0.2, 0) is 4.74 Å². The summed E-state index contributed by atoms with van der Waals surface area (Å²) in [6.45, 7) is 0. The highest BCUT2D eigenvalue weighted by molar-refractivity contribution is 4.82. The number of fused-ring (bicyclic) bond motifs is 2. The zero-order chi connectivity index (χ0) is 6.97. The summed E-state index contributed by atoms with van der Waals surface area (Å²) in [5.41, 5.74) is 0. The number of aliphatic hydroxyl groups excluding tert-OH is 1. The molecule has 2 bridgehead atoms. The lowest BCUT2D eigenvalue weighted by molar-refractivity contribution is -0.142. The second-order valence-electron chi connectivity index (χ2n) is 3.37. The van der Waals surface area contributed by atoms with E-state index in [4.69, 9.17) is 4.74 Å². The van der Waals surface area contributed by atoms with Crippen LogP contribution in [0.15, 0.2) is 0 Å². The van der Waals surface area contributed by atoms with Gasteiger partial charge in [-0.1, -0.05) is 0 Å². The lowest BCUT2D eigenvalue weighted by Crippen LogP contribution is -2.41. The summed E-state index contributed by atoms with van der Waals surface area (Å²) in [6.07, 6.45) is 6.02. The fraction of sp³-hybridized carbons (Fsp3) is 1.00. The van der Waals surface area contributed by atoms with Gasteiger partial charge in [0.15, 0.2) is 0 Å². The molecule has 1 N–H and O–H groups in total. The van der Waals surface area contributed by atoms with Gasteiger partial charge in [0.25, 0.3) is 0 Å². The van der Waals surface area contributed by atoms with Gasteiger partial charge in [0.2, 0.25) is 0 Å². The average Bonchev–Trinajstić information content (AvgIpc) is 1.99. The molecule has 2 aliphatic heterocycles. The quantitative estimate of drug-likeness (QED) is 0.548. The molecule has 58 valence electrons. The van der Waals surface area contributed by atoms with Crippen molar-refractivity contribution in [3.63, 3.8) is 0 Å². The second kappa shape index (κ2) is 2.51. The first-order valence-corrected chi connectivity index (χ1v) is 4.20. The fourth-order valence-corrected chi connectivity index (χ4v) is 1.97. The van der Waals surface area contributed by atoms with Crippen molar-refractivity contribution in [2.24, 2.45) is 0 Å². The summed E-state index contributed by atoms with van der Waals surface area (Å²) in [5, 5.41) is 9.40. The first kappa shape index (κ1) is 6.62. The zero-order valence-corrected chi connectivity index (χ0v) is 6.12. The highest BCUT2D eigenvalue weighted by atomic mass is 16.5. The van der Waals surface area contributed by atoms with Gasteiger partial charge in [-0.25, -0.2) is 0 Å². The summed E-state index contributed by atoms with van der Waals surface area (Å²) >= 11 is 0. The van der Waals surface area contributed by atoms with E-state index in [1.165, 1.54) is 12.8 Å². The van der Waals surface area contributed by atoms with Crippen molar-refractivity contribution in [2.75, 3.05) is 0 Å². The topological polar surface area (TPSA) is 29.5 Å². The lowest BCUT2D eigenvalue weighted by atomic mass is 9.90. The minimum atomic E-state index is -0.170. The highest BCUT2D eigenvalue weighted by Gasteiger charge is 2.32. The standard InChI is InChI=1S/C8H14O2/c9-7-5-4-6-2-1-3-8(7)10-6/h6-9H,1-5H2/t6-,7+,8+/m0/s1. The van der Waals surface area contributed by atoms with Crippen LogP contribution < -0.4 is 0 Å². The fourth-order valence-electron chi connectivity index (χ4n) is 1.97. The molecule has 0 aromatic carbocycles. The molecule has 0 amide bonds. The Morgan fingerprint density at radius 1 is 1.10 bits per heavy atom. The molecule has 0 unspecified atom stereocenters. The van der Waals surface area contributed by atoms with Gasteiger partial charge in [-0.05, 0) is 32.1 Å². The third-order valence-corrected chi connectivity index (χ3v) is 2.60. The smallest absolute Gasteiger partial charge is 0.0837 e. The van der Waals surface area contributed by atoms with Gasteiger partial charge in [-0.3, -0.25) is 0 Å². The molecule has 0 aromatic rings. The number of rotatable bonds is 0. The van der Waals surface area contributed by atoms with Crippen molar-refractivity contribution in [1.82, 2.24) is 0 Å². The summed E-state index contributed by atoms with van der Waals surface area (Å²) in [6, 6.07) is 0. The summed E-state index contributed by atoms with van der Waals surface area (Å²) < 4.78 is 5.58. The molecular formula is C8H14O2. The van der Waals surface area contributed by atoms with Crippen molar-refractivity contribution in [3.05, 3.63) is 0 Å². The highest BCUT2D eigenvalue weighted by Crippen LogP contribution is 2.30. The summed E-state index contributed by atoms with van der Waals surface area (Å²) in [7, 11) is 0. The molecule has 2 rings (SSSR count). The van der Waals surface area contributed by atoms with Crippen LogP contribution in [0.5, 0.6) is 0 Å². The van der Waals surface area contributed by atoms with Crippen molar-refractivity contribution in [2.45, 2.75) is 50.4 Å². The van der Waals surface area contributed by atoms with Crippen LogP contribution in [0.2, 0.25) is 0 Å². The molecule has 2 heteroatoms. The van der Waals surface area contributed by atoms with Crippen LogP contribution >= 0.6 is 0 Å². The second-order valence-corrected chi connectivity index (χ2v) is 3.37. The Balaban J connectivity index is 2.00.